The molecule has 2 unspecified atom stereocenters. The first-order valence-corrected chi connectivity index (χ1v) is 10.4. The summed E-state index contributed by atoms with van der Waals surface area (Å²) in [5.74, 6) is -2.35. The van der Waals surface area contributed by atoms with Gasteiger partial charge in [-0.1, -0.05) is 49.4 Å². The summed E-state index contributed by atoms with van der Waals surface area (Å²) in [6.07, 6.45) is 1.52. The topological polar surface area (TPSA) is 70.2 Å². The number of fused-ring (bicyclic) bond motifs is 1. The zero-order chi connectivity index (χ0) is 21.4. The lowest BCUT2D eigenvalue weighted by Gasteiger charge is -2.27. The van der Waals surface area contributed by atoms with Crippen LogP contribution in [-0.2, 0) is 27.2 Å². The van der Waals surface area contributed by atoms with Gasteiger partial charge >= 0.3 is 0 Å². The zero-order valence-electron chi connectivity index (χ0n) is 17.6. The number of hydrogen-bond donors (Lipinski definition) is 1. The fourth-order valence-corrected chi connectivity index (χ4v) is 4.58. The molecule has 0 spiro atoms. The van der Waals surface area contributed by atoms with Gasteiger partial charge in [-0.2, -0.15) is 0 Å². The molecule has 1 fully saturated rings. The summed E-state index contributed by atoms with van der Waals surface area (Å²) in [5, 5.41) is 1.12. The van der Waals surface area contributed by atoms with Crippen LogP contribution in [0.15, 0.2) is 48.5 Å². The number of carbonyl (C=O) groups is 3. The Kier molecular flexibility index (Phi) is 5.29. The summed E-state index contributed by atoms with van der Waals surface area (Å²) >= 11 is 0. The average Bonchev–Trinajstić information content (AvgIpc) is 3.19. The molecule has 2 atom stereocenters. The van der Waals surface area contributed by atoms with Gasteiger partial charge in [-0.05, 0) is 49.4 Å². The highest BCUT2D eigenvalue weighted by Gasteiger charge is 2.49. The van der Waals surface area contributed by atoms with E-state index in [1.807, 2.05) is 49.4 Å². The number of carbonyl (C=O) groups excluding carboxylic acids is 3. The molecular formula is C25H26N2O3. The Morgan fingerprint density at radius 3 is 2.43 bits per heavy atom. The molecule has 3 aromatic rings. The second kappa shape index (κ2) is 7.90. The first-order valence-electron chi connectivity index (χ1n) is 10.4. The Labute approximate surface area is 176 Å². The van der Waals surface area contributed by atoms with Crippen LogP contribution in [0.5, 0.6) is 0 Å². The minimum atomic E-state index is -0.936. The molecule has 1 amide bonds. The third kappa shape index (κ3) is 3.34. The minimum Gasteiger partial charge on any atom is -0.358 e. The summed E-state index contributed by atoms with van der Waals surface area (Å²) in [6, 6.07) is 15.4. The summed E-state index contributed by atoms with van der Waals surface area (Å²) in [7, 11) is 0. The molecule has 0 bridgehead atoms. The van der Waals surface area contributed by atoms with E-state index in [9.17, 15) is 14.4 Å². The maximum Gasteiger partial charge on any atom is 0.291 e. The van der Waals surface area contributed by atoms with Crippen LogP contribution in [0, 0.1) is 12.8 Å². The van der Waals surface area contributed by atoms with Gasteiger partial charge in [-0.3, -0.25) is 14.4 Å². The van der Waals surface area contributed by atoms with E-state index in [1.165, 1.54) is 12.5 Å². The lowest BCUT2D eigenvalue weighted by molar-refractivity contribution is -0.142. The third-order valence-corrected chi connectivity index (χ3v) is 6.20. The molecule has 30 heavy (non-hydrogen) atoms. The first-order chi connectivity index (χ1) is 14.4. The molecule has 2 heterocycles. The van der Waals surface area contributed by atoms with Crippen LogP contribution in [0.1, 0.15) is 42.3 Å². The summed E-state index contributed by atoms with van der Waals surface area (Å²) in [5.41, 5.74) is 5.26. The lowest BCUT2D eigenvalue weighted by Crippen LogP contribution is -2.32. The molecule has 154 valence electrons. The number of nitrogens with one attached hydrogen (secondary N) is 1. The van der Waals surface area contributed by atoms with E-state index in [1.54, 1.807) is 4.90 Å². The third-order valence-electron chi connectivity index (χ3n) is 6.20. The Morgan fingerprint density at radius 2 is 1.77 bits per heavy atom. The Balaban J connectivity index is 1.68. The van der Waals surface area contributed by atoms with Gasteiger partial charge in [0, 0.05) is 23.1 Å². The smallest absolute Gasteiger partial charge is 0.291 e. The number of benzene rings is 2. The highest BCUT2D eigenvalue weighted by atomic mass is 16.2. The van der Waals surface area contributed by atoms with Crippen LogP contribution in [0.4, 0.5) is 0 Å². The lowest BCUT2D eigenvalue weighted by atomic mass is 9.89. The fourth-order valence-electron chi connectivity index (χ4n) is 4.58. The molecule has 5 heteroatoms. The van der Waals surface area contributed by atoms with Crippen molar-refractivity contribution in [1.82, 2.24) is 9.88 Å². The molecule has 2 aromatic carbocycles. The predicted octanol–water partition coefficient (Wildman–Crippen LogP) is 3.94. The quantitative estimate of drug-likeness (QED) is 0.502. The molecule has 5 nitrogen and oxygen atoms in total. The van der Waals surface area contributed by atoms with E-state index in [4.69, 9.17) is 0 Å². The monoisotopic (exact) mass is 402 g/mol. The van der Waals surface area contributed by atoms with Crippen molar-refractivity contribution >= 4 is 28.4 Å². The van der Waals surface area contributed by atoms with E-state index >= 15 is 0 Å². The standard InChI is InChI=1S/C25H26N2O3/c1-4-17-9-11-18(12-10-17)23-22(16(3)28)24(29)25(30)27(23)14-13-19-15(2)26-21-8-6-5-7-20(19)21/h5-12,22-23,26H,4,13-14H2,1-3H3. The van der Waals surface area contributed by atoms with Crippen molar-refractivity contribution in [2.75, 3.05) is 6.54 Å². The number of para-hydroxylation sites is 1. The maximum atomic E-state index is 12.9. The Hall–Kier alpha value is -3.21. The number of hydrogen-bond acceptors (Lipinski definition) is 3. The van der Waals surface area contributed by atoms with Gasteiger partial charge in [0.05, 0.1) is 6.04 Å². The van der Waals surface area contributed by atoms with Crippen molar-refractivity contribution < 1.29 is 14.4 Å². The number of ketones is 2. The Morgan fingerprint density at radius 1 is 1.07 bits per heavy atom. The predicted molar refractivity (Wildman–Crippen MR) is 116 cm³/mol. The van der Waals surface area contributed by atoms with E-state index in [0.717, 1.165) is 34.1 Å². The summed E-state index contributed by atoms with van der Waals surface area (Å²) < 4.78 is 0. The van der Waals surface area contributed by atoms with Gasteiger partial charge in [0.25, 0.3) is 5.91 Å². The van der Waals surface area contributed by atoms with Crippen molar-refractivity contribution in [1.29, 1.82) is 0 Å². The largest absolute Gasteiger partial charge is 0.358 e. The highest BCUT2D eigenvalue weighted by Crippen LogP contribution is 2.37. The van der Waals surface area contributed by atoms with Gasteiger partial charge in [0.1, 0.15) is 11.7 Å². The number of H-pyrrole nitrogens is 1. The van der Waals surface area contributed by atoms with E-state index < -0.39 is 23.7 Å². The number of rotatable bonds is 6. The number of likely N-dealkylation sites (tertiary alicyclic amines) is 1. The van der Waals surface area contributed by atoms with Gasteiger partial charge < -0.3 is 9.88 Å². The molecular weight excluding hydrogens is 376 g/mol. The molecule has 0 radical (unpaired) electrons. The van der Waals surface area contributed by atoms with Crippen LogP contribution in [0.2, 0.25) is 0 Å². The van der Waals surface area contributed by atoms with Crippen molar-refractivity contribution in [3.63, 3.8) is 0 Å². The molecule has 0 aliphatic carbocycles. The van der Waals surface area contributed by atoms with Crippen molar-refractivity contribution in [3.8, 4) is 0 Å². The maximum absolute atomic E-state index is 12.9. The second-order valence-corrected chi connectivity index (χ2v) is 8.02. The minimum absolute atomic E-state index is 0.260. The number of aromatic amines is 1. The number of amides is 1. The van der Waals surface area contributed by atoms with Crippen LogP contribution in [0.3, 0.4) is 0 Å². The van der Waals surface area contributed by atoms with Crippen LogP contribution >= 0.6 is 0 Å². The summed E-state index contributed by atoms with van der Waals surface area (Å²) in [4.78, 5) is 42.8. The Bertz CT molecular complexity index is 1130. The molecule has 1 aliphatic heterocycles. The number of nitrogens with zero attached hydrogens (tertiary/aromatic N) is 1. The molecule has 1 aromatic heterocycles. The van der Waals surface area contributed by atoms with E-state index in [-0.39, 0.29) is 5.78 Å². The van der Waals surface area contributed by atoms with Crippen molar-refractivity contribution in [3.05, 3.63) is 70.9 Å². The van der Waals surface area contributed by atoms with Crippen molar-refractivity contribution in [2.45, 2.75) is 39.7 Å². The molecule has 1 aliphatic rings. The fraction of sp³-hybridized carbons (Fsp3) is 0.320. The van der Waals surface area contributed by atoms with Crippen LogP contribution in [0.25, 0.3) is 10.9 Å². The number of aromatic nitrogens is 1. The van der Waals surface area contributed by atoms with Gasteiger partial charge in [0.2, 0.25) is 5.78 Å². The molecule has 0 saturated carbocycles. The summed E-state index contributed by atoms with van der Waals surface area (Å²) in [6.45, 7) is 5.88. The van der Waals surface area contributed by atoms with E-state index in [2.05, 4.69) is 18.0 Å². The highest BCUT2D eigenvalue weighted by molar-refractivity contribution is 6.42. The van der Waals surface area contributed by atoms with Crippen LogP contribution in [-0.4, -0.2) is 33.9 Å². The SMILES string of the molecule is CCc1ccc(C2C(C(C)=O)C(=O)C(=O)N2CCc2c(C)[nH]c3ccccc23)cc1. The van der Waals surface area contributed by atoms with Crippen LogP contribution < -0.4 is 0 Å². The second-order valence-electron chi connectivity index (χ2n) is 8.02. The molecule has 1 saturated heterocycles. The average molecular weight is 402 g/mol. The first kappa shape index (κ1) is 20.1. The van der Waals surface area contributed by atoms with Gasteiger partial charge in [-0.15, -0.1) is 0 Å². The van der Waals surface area contributed by atoms with Gasteiger partial charge in [-0.25, -0.2) is 0 Å². The normalized spacial score (nSPS) is 19.1. The van der Waals surface area contributed by atoms with Gasteiger partial charge in [0.15, 0.2) is 0 Å². The molecule has 4 rings (SSSR count). The zero-order valence-corrected chi connectivity index (χ0v) is 17.6. The molecule has 1 N–H and O–H groups in total. The number of Topliss-reactive ketones (excluding diaryl/α,β-unsaturated/α-hetero) is 2. The van der Waals surface area contributed by atoms with E-state index in [0.29, 0.717) is 13.0 Å². The van der Waals surface area contributed by atoms with Crippen molar-refractivity contribution in [2.24, 2.45) is 5.92 Å². The number of aryl methyl sites for hydroxylation is 2.